The zero-order chi connectivity index (χ0) is 15.2. The monoisotopic (exact) mass is 304 g/mol. The van der Waals surface area contributed by atoms with Crippen LogP contribution in [0.3, 0.4) is 0 Å². The van der Waals surface area contributed by atoms with Gasteiger partial charge in [0.1, 0.15) is 5.75 Å². The quantitative estimate of drug-likeness (QED) is 0.912. The van der Waals surface area contributed by atoms with Crippen molar-refractivity contribution in [2.24, 2.45) is 0 Å². The minimum absolute atomic E-state index is 0.529. The van der Waals surface area contributed by atoms with Crippen LogP contribution in [0.25, 0.3) is 0 Å². The van der Waals surface area contributed by atoms with Crippen LogP contribution in [0.15, 0.2) is 53.4 Å². The average molecular weight is 304 g/mol. The summed E-state index contributed by atoms with van der Waals surface area (Å²) in [5.41, 5.74) is 1.66. The molecule has 1 unspecified atom stereocenters. The van der Waals surface area contributed by atoms with Crippen LogP contribution in [0.4, 0.5) is 10.5 Å². The van der Waals surface area contributed by atoms with Crippen molar-refractivity contribution in [3.8, 4) is 5.75 Å². The number of amides is 2. The van der Waals surface area contributed by atoms with Crippen LogP contribution >= 0.6 is 0 Å². The summed E-state index contributed by atoms with van der Waals surface area (Å²) in [6.07, 6.45) is 0. The number of nitrogens with one attached hydrogen (secondary N) is 2. The number of hydrogen-bond acceptors (Lipinski definition) is 3. The van der Waals surface area contributed by atoms with Gasteiger partial charge in [0.15, 0.2) is 11.0 Å². The molecular formula is C15H16N2O3S. The summed E-state index contributed by atoms with van der Waals surface area (Å²) in [5.74, 6) is 0.698. The van der Waals surface area contributed by atoms with Gasteiger partial charge in [0.25, 0.3) is 0 Å². The van der Waals surface area contributed by atoms with Gasteiger partial charge in [-0.25, -0.2) is 9.00 Å². The number of anilines is 1. The number of ether oxygens (including phenoxy) is 1. The molecule has 0 aliphatic heterocycles. The summed E-state index contributed by atoms with van der Waals surface area (Å²) in [4.78, 5) is 12.3. The maximum absolute atomic E-state index is 12.0. The van der Waals surface area contributed by atoms with E-state index < -0.39 is 17.0 Å². The molecule has 0 fully saturated rings. The molecule has 6 heteroatoms. The molecule has 0 aromatic heterocycles. The summed E-state index contributed by atoms with van der Waals surface area (Å²) in [6.45, 7) is 1.94. The maximum Gasteiger partial charge on any atom is 0.331 e. The van der Waals surface area contributed by atoms with Gasteiger partial charge in [0.2, 0.25) is 0 Å². The van der Waals surface area contributed by atoms with E-state index in [1.807, 2.05) is 19.1 Å². The van der Waals surface area contributed by atoms with Crippen LogP contribution in [0.2, 0.25) is 0 Å². The minimum atomic E-state index is -1.59. The molecule has 2 aromatic carbocycles. The Kier molecular flexibility index (Phi) is 4.94. The topological polar surface area (TPSA) is 67.4 Å². The van der Waals surface area contributed by atoms with Gasteiger partial charge in [-0.1, -0.05) is 17.7 Å². The standard InChI is InChI=1S/C15H16N2O3S/c1-11-3-9-14(10-4-11)21(19)17-15(18)16-12-5-7-13(20-2)8-6-12/h3-10H,1-2H3,(H2,16,17,18). The second kappa shape index (κ2) is 6.90. The van der Waals surface area contributed by atoms with Crippen LogP contribution in [-0.2, 0) is 11.0 Å². The number of carbonyl (C=O) groups excluding carboxylic acids is 1. The number of urea groups is 1. The van der Waals surface area contributed by atoms with E-state index in [2.05, 4.69) is 10.0 Å². The molecule has 0 heterocycles. The molecule has 0 radical (unpaired) electrons. The highest BCUT2D eigenvalue weighted by atomic mass is 32.2. The maximum atomic E-state index is 12.0. The van der Waals surface area contributed by atoms with Crippen LogP contribution in [0, 0.1) is 6.92 Å². The smallest absolute Gasteiger partial charge is 0.331 e. The Balaban J connectivity index is 1.94. The molecular weight excluding hydrogens is 288 g/mol. The SMILES string of the molecule is COc1ccc(NC(=O)NS(=O)c2ccc(C)cc2)cc1. The Hall–Kier alpha value is -2.34. The fourth-order valence-electron chi connectivity index (χ4n) is 1.64. The van der Waals surface area contributed by atoms with Crippen molar-refractivity contribution in [3.05, 3.63) is 54.1 Å². The van der Waals surface area contributed by atoms with E-state index in [4.69, 9.17) is 4.74 Å². The van der Waals surface area contributed by atoms with Gasteiger partial charge >= 0.3 is 6.03 Å². The van der Waals surface area contributed by atoms with E-state index in [1.54, 1.807) is 43.5 Å². The lowest BCUT2D eigenvalue weighted by Crippen LogP contribution is -2.30. The fourth-order valence-corrected chi connectivity index (χ4v) is 2.36. The zero-order valence-corrected chi connectivity index (χ0v) is 12.6. The van der Waals surface area contributed by atoms with Gasteiger partial charge < -0.3 is 10.1 Å². The summed E-state index contributed by atoms with van der Waals surface area (Å²) >= 11 is 0. The third kappa shape index (κ3) is 4.32. The molecule has 2 rings (SSSR count). The molecule has 0 aliphatic rings. The van der Waals surface area contributed by atoms with Crippen molar-refractivity contribution in [1.82, 2.24) is 4.72 Å². The van der Waals surface area contributed by atoms with E-state index in [0.717, 1.165) is 5.56 Å². The van der Waals surface area contributed by atoms with E-state index in [-0.39, 0.29) is 0 Å². The molecule has 0 aliphatic carbocycles. The highest BCUT2D eigenvalue weighted by Gasteiger charge is 2.08. The first-order chi connectivity index (χ1) is 10.1. The number of carbonyl (C=O) groups is 1. The second-order valence-electron chi connectivity index (χ2n) is 4.37. The van der Waals surface area contributed by atoms with Gasteiger partial charge in [-0.2, -0.15) is 0 Å². The van der Waals surface area contributed by atoms with Gasteiger partial charge in [-0.05, 0) is 43.3 Å². The molecule has 21 heavy (non-hydrogen) atoms. The first-order valence-corrected chi connectivity index (χ1v) is 7.43. The number of aryl methyl sites for hydroxylation is 1. The van der Waals surface area contributed by atoms with Crippen molar-refractivity contribution in [1.29, 1.82) is 0 Å². The van der Waals surface area contributed by atoms with Crippen LogP contribution in [0.5, 0.6) is 5.75 Å². The van der Waals surface area contributed by atoms with Gasteiger partial charge in [-0.3, -0.25) is 4.72 Å². The third-order valence-electron chi connectivity index (χ3n) is 2.77. The molecule has 0 saturated heterocycles. The molecule has 110 valence electrons. The summed E-state index contributed by atoms with van der Waals surface area (Å²) in [5, 5.41) is 2.61. The van der Waals surface area contributed by atoms with E-state index in [0.29, 0.717) is 16.3 Å². The number of methoxy groups -OCH3 is 1. The Morgan fingerprint density at radius 2 is 1.67 bits per heavy atom. The minimum Gasteiger partial charge on any atom is -0.497 e. The molecule has 2 N–H and O–H groups in total. The Morgan fingerprint density at radius 3 is 2.24 bits per heavy atom. The van der Waals surface area contributed by atoms with E-state index in [1.165, 1.54) is 0 Å². The number of benzene rings is 2. The molecule has 2 aromatic rings. The Bertz CT molecular complexity index is 639. The summed E-state index contributed by atoms with van der Waals surface area (Å²) in [6, 6.07) is 13.5. The van der Waals surface area contributed by atoms with E-state index in [9.17, 15) is 9.00 Å². The Morgan fingerprint density at radius 1 is 1.05 bits per heavy atom. The predicted octanol–water partition coefficient (Wildman–Crippen LogP) is 2.85. The van der Waals surface area contributed by atoms with Crippen molar-refractivity contribution >= 4 is 22.7 Å². The number of hydrogen-bond donors (Lipinski definition) is 2. The molecule has 5 nitrogen and oxygen atoms in total. The van der Waals surface area contributed by atoms with Gasteiger partial charge in [0.05, 0.1) is 12.0 Å². The summed E-state index contributed by atoms with van der Waals surface area (Å²) in [7, 11) is -0.0188. The first kappa shape index (κ1) is 15.1. The van der Waals surface area contributed by atoms with Crippen LogP contribution in [0.1, 0.15) is 5.56 Å². The molecule has 0 saturated carbocycles. The van der Waals surface area contributed by atoms with E-state index >= 15 is 0 Å². The predicted molar refractivity (Wildman–Crippen MR) is 82.7 cm³/mol. The van der Waals surface area contributed by atoms with Gasteiger partial charge in [0, 0.05) is 5.69 Å². The summed E-state index contributed by atoms with van der Waals surface area (Å²) < 4.78 is 19.4. The van der Waals surface area contributed by atoms with Crippen molar-refractivity contribution in [2.45, 2.75) is 11.8 Å². The number of rotatable bonds is 4. The molecule has 1 atom stereocenters. The van der Waals surface area contributed by atoms with Crippen LogP contribution in [-0.4, -0.2) is 17.3 Å². The molecule has 0 spiro atoms. The van der Waals surface area contributed by atoms with Crippen LogP contribution < -0.4 is 14.8 Å². The normalized spacial score (nSPS) is 11.5. The fraction of sp³-hybridized carbons (Fsp3) is 0.133. The lowest BCUT2D eigenvalue weighted by molar-refractivity contribution is 0.257. The van der Waals surface area contributed by atoms with Crippen molar-refractivity contribution in [2.75, 3.05) is 12.4 Å². The highest BCUT2D eigenvalue weighted by molar-refractivity contribution is 7.83. The molecule has 2 amide bonds. The third-order valence-corrected chi connectivity index (χ3v) is 3.84. The zero-order valence-electron chi connectivity index (χ0n) is 11.8. The first-order valence-electron chi connectivity index (χ1n) is 6.28. The highest BCUT2D eigenvalue weighted by Crippen LogP contribution is 2.15. The Labute approximate surface area is 125 Å². The van der Waals surface area contributed by atoms with Crippen molar-refractivity contribution in [3.63, 3.8) is 0 Å². The molecule has 0 bridgehead atoms. The van der Waals surface area contributed by atoms with Gasteiger partial charge in [-0.15, -0.1) is 0 Å². The lowest BCUT2D eigenvalue weighted by atomic mass is 10.2. The second-order valence-corrected chi connectivity index (χ2v) is 5.58. The van der Waals surface area contributed by atoms with Crippen molar-refractivity contribution < 1.29 is 13.7 Å². The lowest BCUT2D eigenvalue weighted by Gasteiger charge is -2.08. The average Bonchev–Trinajstić information content (AvgIpc) is 2.48. The largest absolute Gasteiger partial charge is 0.497 e.